The van der Waals surface area contributed by atoms with E-state index in [-0.39, 0.29) is 19.5 Å². The van der Waals surface area contributed by atoms with Crippen molar-refractivity contribution >= 4 is 5.97 Å². The number of allylic oxidation sites excluding steroid dienone is 4. The number of carbonyl (C=O) groups excluding carboxylic acids is 1. The molecule has 1 saturated carbocycles. The molecule has 3 nitrogen and oxygen atoms in total. The van der Waals surface area contributed by atoms with Crippen LogP contribution in [-0.4, -0.2) is 11.1 Å². The molecule has 0 aromatic heterocycles. The average Bonchev–Trinajstić information content (AvgIpc) is 3.58. The molecule has 1 N–H and O–H groups in total. The van der Waals surface area contributed by atoms with Gasteiger partial charge in [-0.3, -0.25) is 4.79 Å². The third-order valence-electron chi connectivity index (χ3n) is 5.44. The summed E-state index contributed by atoms with van der Waals surface area (Å²) in [7, 11) is 0. The molecular formula is C27H25O3Rh. The van der Waals surface area contributed by atoms with Crippen molar-refractivity contribution in [2.75, 3.05) is 0 Å². The summed E-state index contributed by atoms with van der Waals surface area (Å²) in [5.41, 5.74) is 1.46. The number of aliphatic hydroxyl groups is 1. The van der Waals surface area contributed by atoms with E-state index >= 15 is 0 Å². The summed E-state index contributed by atoms with van der Waals surface area (Å²) in [5.74, 6) is 1.65. The van der Waals surface area contributed by atoms with Crippen LogP contribution in [0.25, 0.3) is 0 Å². The van der Waals surface area contributed by atoms with Gasteiger partial charge < -0.3 is 9.84 Å². The van der Waals surface area contributed by atoms with Gasteiger partial charge in [0.2, 0.25) is 0 Å². The molecular weight excluding hydrogens is 475 g/mol. The smallest absolute Gasteiger partial charge is 0.314 e. The van der Waals surface area contributed by atoms with Crippen LogP contribution in [0.3, 0.4) is 0 Å². The first-order chi connectivity index (χ1) is 14.7. The predicted octanol–water partition coefficient (Wildman–Crippen LogP) is 5.16. The van der Waals surface area contributed by atoms with Crippen molar-refractivity contribution in [2.24, 2.45) is 11.8 Å². The van der Waals surface area contributed by atoms with E-state index in [1.807, 2.05) is 60.7 Å². The SMILES string of the molecule is C1=CC2C=CC1C2.O=C(OC(c1ccccc1)C(O)c1ccccc1)[C]1[CH][CH][CH][CH]1.[Rh]. The minimum atomic E-state index is -0.933. The summed E-state index contributed by atoms with van der Waals surface area (Å²) in [6.07, 6.45) is 15.8. The van der Waals surface area contributed by atoms with Gasteiger partial charge in [0.1, 0.15) is 6.10 Å². The minimum Gasteiger partial charge on any atom is -0.454 e. The Morgan fingerprint density at radius 2 is 1.29 bits per heavy atom. The summed E-state index contributed by atoms with van der Waals surface area (Å²) in [6, 6.07) is 18.5. The molecule has 2 aromatic rings. The first kappa shape index (κ1) is 23.6. The summed E-state index contributed by atoms with van der Waals surface area (Å²) in [6.45, 7) is 0. The molecule has 3 aliphatic carbocycles. The van der Waals surface area contributed by atoms with E-state index < -0.39 is 18.2 Å². The molecule has 4 heteroatoms. The molecule has 1 fully saturated rings. The number of fused-ring (bicyclic) bond motifs is 2. The number of ether oxygens (including phenoxy) is 1. The number of esters is 1. The monoisotopic (exact) mass is 500 g/mol. The molecule has 0 heterocycles. The molecule has 31 heavy (non-hydrogen) atoms. The Hall–Kier alpha value is -2.03. The zero-order valence-electron chi connectivity index (χ0n) is 17.0. The maximum atomic E-state index is 12.3. The maximum absolute atomic E-state index is 12.3. The van der Waals surface area contributed by atoms with Crippen LogP contribution in [0.2, 0.25) is 0 Å². The Balaban J connectivity index is 0.000000285. The van der Waals surface area contributed by atoms with E-state index in [9.17, 15) is 9.90 Å². The summed E-state index contributed by atoms with van der Waals surface area (Å²) < 4.78 is 5.61. The quantitative estimate of drug-likeness (QED) is 0.351. The zero-order valence-corrected chi connectivity index (χ0v) is 18.6. The first-order valence-corrected chi connectivity index (χ1v) is 10.3. The fourth-order valence-corrected chi connectivity index (χ4v) is 3.80. The average molecular weight is 500 g/mol. The van der Waals surface area contributed by atoms with Gasteiger partial charge in [0.25, 0.3) is 0 Å². The van der Waals surface area contributed by atoms with Gasteiger partial charge in [0, 0.05) is 19.5 Å². The number of benzene rings is 2. The van der Waals surface area contributed by atoms with Gasteiger partial charge in [-0.15, -0.1) is 0 Å². The second-order valence-electron chi connectivity index (χ2n) is 7.60. The van der Waals surface area contributed by atoms with Crippen molar-refractivity contribution in [1.29, 1.82) is 0 Å². The van der Waals surface area contributed by atoms with Gasteiger partial charge in [0.15, 0.2) is 6.10 Å². The standard InChI is InChI=1S/C20H17O3.C7H8.Rh/c21-18(15-9-3-1-4-10-15)19(16-11-5-2-6-12-16)23-20(22)17-13-7-8-14-17;1-2-7-4-3-6(1)5-7;/h1-14,18-19,21H;1-4,6-7H,5H2;. The van der Waals surface area contributed by atoms with E-state index in [0.29, 0.717) is 11.5 Å². The molecule has 0 amide bonds. The van der Waals surface area contributed by atoms with Gasteiger partial charge in [-0.2, -0.15) is 0 Å². The van der Waals surface area contributed by atoms with Crippen molar-refractivity contribution < 1.29 is 34.1 Å². The molecule has 0 aliphatic heterocycles. The molecule has 5 rings (SSSR count). The molecule has 0 spiro atoms. The molecule has 6 radical (unpaired) electrons. The number of rotatable bonds is 5. The van der Waals surface area contributed by atoms with Crippen molar-refractivity contribution in [3.63, 3.8) is 0 Å². The molecule has 2 unspecified atom stereocenters. The Morgan fingerprint density at radius 3 is 1.74 bits per heavy atom. The van der Waals surface area contributed by atoms with E-state index in [1.165, 1.54) is 6.42 Å². The van der Waals surface area contributed by atoms with Crippen LogP contribution in [-0.2, 0) is 29.0 Å². The van der Waals surface area contributed by atoms with Crippen LogP contribution in [0.4, 0.5) is 0 Å². The molecule has 0 saturated heterocycles. The van der Waals surface area contributed by atoms with Crippen LogP contribution in [0.5, 0.6) is 0 Å². The van der Waals surface area contributed by atoms with E-state index in [2.05, 4.69) is 24.3 Å². The second kappa shape index (κ2) is 11.6. The fourth-order valence-electron chi connectivity index (χ4n) is 3.80. The third-order valence-corrected chi connectivity index (χ3v) is 5.44. The summed E-state index contributed by atoms with van der Waals surface area (Å²) in [5, 5.41) is 10.7. The van der Waals surface area contributed by atoms with Crippen LogP contribution in [0.1, 0.15) is 29.8 Å². The first-order valence-electron chi connectivity index (χ1n) is 10.3. The Labute approximate surface area is 198 Å². The molecule has 3 aliphatic rings. The van der Waals surface area contributed by atoms with Gasteiger partial charge >= 0.3 is 5.97 Å². The maximum Gasteiger partial charge on any atom is 0.314 e. The van der Waals surface area contributed by atoms with Crippen LogP contribution in [0, 0.1) is 43.4 Å². The van der Waals surface area contributed by atoms with Crippen LogP contribution < -0.4 is 0 Å². The van der Waals surface area contributed by atoms with E-state index in [1.54, 1.807) is 25.7 Å². The molecule has 160 valence electrons. The topological polar surface area (TPSA) is 46.5 Å². The third kappa shape index (κ3) is 6.24. The van der Waals surface area contributed by atoms with Crippen molar-refractivity contribution in [1.82, 2.24) is 0 Å². The summed E-state index contributed by atoms with van der Waals surface area (Å²) >= 11 is 0. The predicted molar refractivity (Wildman–Crippen MR) is 117 cm³/mol. The molecule has 2 aromatic carbocycles. The van der Waals surface area contributed by atoms with Crippen LogP contribution >= 0.6 is 0 Å². The Morgan fingerprint density at radius 1 is 0.806 bits per heavy atom. The molecule has 2 atom stereocenters. The minimum absolute atomic E-state index is 0. The summed E-state index contributed by atoms with van der Waals surface area (Å²) in [4.78, 5) is 12.3. The second-order valence-corrected chi connectivity index (χ2v) is 7.60. The Kier molecular flexibility index (Phi) is 8.81. The number of hydrogen-bond donors (Lipinski definition) is 1. The van der Waals surface area contributed by atoms with Crippen molar-refractivity contribution in [3.05, 3.63) is 128 Å². The normalized spacial score (nSPS) is 22.9. The number of carbonyl (C=O) groups is 1. The van der Waals surface area contributed by atoms with Crippen LogP contribution in [0.15, 0.2) is 85.0 Å². The molecule has 2 bridgehead atoms. The van der Waals surface area contributed by atoms with Gasteiger partial charge in [-0.1, -0.05) is 85.0 Å². The van der Waals surface area contributed by atoms with E-state index in [4.69, 9.17) is 4.74 Å². The van der Waals surface area contributed by atoms with Gasteiger partial charge in [0.05, 0.1) is 5.92 Å². The Bertz CT molecular complexity index is 844. The van der Waals surface area contributed by atoms with Gasteiger partial charge in [-0.25, -0.2) is 0 Å². The van der Waals surface area contributed by atoms with E-state index in [0.717, 1.165) is 17.4 Å². The zero-order chi connectivity index (χ0) is 20.8. The van der Waals surface area contributed by atoms with Crippen molar-refractivity contribution in [3.8, 4) is 0 Å². The largest absolute Gasteiger partial charge is 0.454 e. The number of hydrogen-bond acceptors (Lipinski definition) is 3. The van der Waals surface area contributed by atoms with Gasteiger partial charge in [-0.05, 0) is 55.1 Å². The van der Waals surface area contributed by atoms with Crippen molar-refractivity contribution in [2.45, 2.75) is 18.6 Å². The fraction of sp³-hybridized carbons (Fsp3) is 0.185. The number of aliphatic hydroxyl groups excluding tert-OH is 1.